The number of hydrogen-bond donors (Lipinski definition) is 1. The largest absolute Gasteiger partial charge is 0.374 e. The molecule has 4 heteroatoms. The summed E-state index contributed by atoms with van der Waals surface area (Å²) in [5.74, 6) is 0.273. The minimum Gasteiger partial charge on any atom is -0.374 e. The summed E-state index contributed by atoms with van der Waals surface area (Å²) in [5.41, 5.74) is 3.49. The molecule has 0 radical (unpaired) electrons. The SMILES string of the molecule is CN1CCCc2ccc(C(=O)CCN3CCNCC3)cc21. The molecule has 3 rings (SSSR count). The number of benzene rings is 1. The van der Waals surface area contributed by atoms with Crippen molar-refractivity contribution in [2.24, 2.45) is 0 Å². The third-order valence-corrected chi connectivity index (χ3v) is 4.62. The Hall–Kier alpha value is -1.39. The van der Waals surface area contributed by atoms with Gasteiger partial charge in [-0.2, -0.15) is 0 Å². The van der Waals surface area contributed by atoms with Gasteiger partial charge in [0.25, 0.3) is 0 Å². The molecule has 0 amide bonds. The number of piperazine rings is 1. The van der Waals surface area contributed by atoms with Crippen LogP contribution in [-0.4, -0.2) is 57.0 Å². The lowest BCUT2D eigenvalue weighted by atomic mass is 9.98. The highest BCUT2D eigenvalue weighted by Crippen LogP contribution is 2.27. The molecule has 0 spiro atoms. The van der Waals surface area contributed by atoms with E-state index in [-0.39, 0.29) is 5.78 Å². The summed E-state index contributed by atoms with van der Waals surface area (Å²) < 4.78 is 0. The molecule has 4 nitrogen and oxygen atoms in total. The van der Waals surface area contributed by atoms with E-state index >= 15 is 0 Å². The van der Waals surface area contributed by atoms with Gasteiger partial charge in [0.1, 0.15) is 0 Å². The van der Waals surface area contributed by atoms with Crippen molar-refractivity contribution in [1.82, 2.24) is 10.2 Å². The molecule has 0 saturated carbocycles. The molecule has 1 N–H and O–H groups in total. The molecule has 1 aromatic rings. The molecule has 2 heterocycles. The number of anilines is 1. The van der Waals surface area contributed by atoms with E-state index in [1.165, 1.54) is 17.7 Å². The highest BCUT2D eigenvalue weighted by atomic mass is 16.1. The summed E-state index contributed by atoms with van der Waals surface area (Å²) in [4.78, 5) is 17.1. The summed E-state index contributed by atoms with van der Waals surface area (Å²) in [6.07, 6.45) is 2.97. The van der Waals surface area contributed by atoms with Crippen LogP contribution in [0.5, 0.6) is 0 Å². The van der Waals surface area contributed by atoms with Crippen LogP contribution < -0.4 is 10.2 Å². The lowest BCUT2D eigenvalue weighted by molar-refractivity contribution is 0.0960. The van der Waals surface area contributed by atoms with E-state index in [0.29, 0.717) is 6.42 Å². The van der Waals surface area contributed by atoms with Gasteiger partial charge in [-0.15, -0.1) is 0 Å². The zero-order valence-electron chi connectivity index (χ0n) is 12.9. The van der Waals surface area contributed by atoms with Crippen LogP contribution in [0.4, 0.5) is 5.69 Å². The van der Waals surface area contributed by atoms with Gasteiger partial charge in [-0.3, -0.25) is 4.79 Å². The monoisotopic (exact) mass is 287 g/mol. The van der Waals surface area contributed by atoms with Gasteiger partial charge in [-0.05, 0) is 24.5 Å². The zero-order valence-corrected chi connectivity index (χ0v) is 12.9. The summed E-state index contributed by atoms with van der Waals surface area (Å²) >= 11 is 0. The van der Waals surface area contributed by atoms with Gasteiger partial charge in [0.2, 0.25) is 0 Å². The number of rotatable bonds is 4. The standard InChI is InChI=1S/C17H25N3O/c1-19-9-2-3-14-4-5-15(13-16(14)19)17(21)6-10-20-11-7-18-8-12-20/h4-5,13,18H,2-3,6-12H2,1H3. The predicted octanol–water partition coefficient (Wildman–Crippen LogP) is 1.55. The second kappa shape index (κ2) is 6.58. The molecule has 0 atom stereocenters. The summed E-state index contributed by atoms with van der Waals surface area (Å²) in [6, 6.07) is 6.25. The van der Waals surface area contributed by atoms with Crippen LogP contribution in [0.3, 0.4) is 0 Å². The van der Waals surface area contributed by atoms with E-state index in [1.54, 1.807) is 0 Å². The van der Waals surface area contributed by atoms with Crippen molar-refractivity contribution in [2.45, 2.75) is 19.3 Å². The fourth-order valence-electron chi connectivity index (χ4n) is 3.27. The maximum absolute atomic E-state index is 12.4. The van der Waals surface area contributed by atoms with Crippen LogP contribution in [0.1, 0.15) is 28.8 Å². The lowest BCUT2D eigenvalue weighted by Crippen LogP contribution is -2.44. The first-order valence-corrected chi connectivity index (χ1v) is 8.04. The third kappa shape index (κ3) is 3.44. The number of nitrogens with zero attached hydrogens (tertiary/aromatic N) is 2. The number of Topliss-reactive ketones (excluding diaryl/α,β-unsaturated/α-hetero) is 1. The first-order chi connectivity index (χ1) is 10.2. The molecule has 21 heavy (non-hydrogen) atoms. The van der Waals surface area contributed by atoms with Crippen LogP contribution in [0, 0.1) is 0 Å². The maximum atomic E-state index is 12.4. The Morgan fingerprint density at radius 1 is 1.24 bits per heavy atom. The van der Waals surface area contributed by atoms with Crippen LogP contribution in [0.2, 0.25) is 0 Å². The molecule has 1 fully saturated rings. The van der Waals surface area contributed by atoms with Crippen molar-refractivity contribution in [1.29, 1.82) is 0 Å². The molecular weight excluding hydrogens is 262 g/mol. The molecule has 0 unspecified atom stereocenters. The maximum Gasteiger partial charge on any atom is 0.164 e. The van der Waals surface area contributed by atoms with E-state index in [2.05, 4.69) is 34.3 Å². The molecular formula is C17H25N3O. The molecule has 2 aliphatic heterocycles. The Morgan fingerprint density at radius 3 is 2.86 bits per heavy atom. The van der Waals surface area contributed by atoms with Crippen molar-refractivity contribution in [3.8, 4) is 0 Å². The topological polar surface area (TPSA) is 35.6 Å². The van der Waals surface area contributed by atoms with Gasteiger partial charge in [0, 0.05) is 64.0 Å². The van der Waals surface area contributed by atoms with Crippen molar-refractivity contribution >= 4 is 11.5 Å². The van der Waals surface area contributed by atoms with E-state index < -0.39 is 0 Å². The molecule has 0 aliphatic carbocycles. The Kier molecular flexibility index (Phi) is 4.56. The van der Waals surface area contributed by atoms with Gasteiger partial charge in [-0.1, -0.05) is 12.1 Å². The van der Waals surface area contributed by atoms with Gasteiger partial charge in [-0.25, -0.2) is 0 Å². The molecule has 1 saturated heterocycles. The minimum atomic E-state index is 0.273. The predicted molar refractivity (Wildman–Crippen MR) is 86.3 cm³/mol. The average Bonchev–Trinajstić information content (AvgIpc) is 2.54. The number of carbonyl (C=O) groups is 1. The fourth-order valence-corrected chi connectivity index (χ4v) is 3.27. The molecule has 2 aliphatic rings. The highest BCUT2D eigenvalue weighted by Gasteiger charge is 2.17. The van der Waals surface area contributed by atoms with Crippen LogP contribution in [0.25, 0.3) is 0 Å². The third-order valence-electron chi connectivity index (χ3n) is 4.62. The Labute approximate surface area is 127 Å². The van der Waals surface area contributed by atoms with Gasteiger partial charge < -0.3 is 15.1 Å². The van der Waals surface area contributed by atoms with Crippen LogP contribution >= 0.6 is 0 Å². The number of fused-ring (bicyclic) bond motifs is 1. The van der Waals surface area contributed by atoms with Crippen molar-refractivity contribution < 1.29 is 4.79 Å². The Morgan fingerprint density at radius 2 is 2.05 bits per heavy atom. The lowest BCUT2D eigenvalue weighted by Gasteiger charge is -2.28. The fraction of sp³-hybridized carbons (Fsp3) is 0.588. The van der Waals surface area contributed by atoms with E-state index in [1.807, 2.05) is 6.07 Å². The Bertz CT molecular complexity index is 509. The van der Waals surface area contributed by atoms with Crippen LogP contribution in [0.15, 0.2) is 18.2 Å². The van der Waals surface area contributed by atoms with Crippen molar-refractivity contribution in [2.75, 3.05) is 51.2 Å². The number of aryl methyl sites for hydroxylation is 1. The Balaban J connectivity index is 1.63. The second-order valence-corrected chi connectivity index (χ2v) is 6.13. The summed E-state index contributed by atoms with van der Waals surface area (Å²) in [7, 11) is 2.12. The first kappa shape index (κ1) is 14.5. The normalized spacial score (nSPS) is 19.4. The second-order valence-electron chi connectivity index (χ2n) is 6.13. The number of ketones is 1. The number of nitrogens with one attached hydrogen (secondary N) is 1. The zero-order chi connectivity index (χ0) is 14.7. The van der Waals surface area contributed by atoms with Gasteiger partial charge in [0.15, 0.2) is 5.78 Å². The molecule has 0 bridgehead atoms. The number of hydrogen-bond acceptors (Lipinski definition) is 4. The van der Waals surface area contributed by atoms with Crippen molar-refractivity contribution in [3.63, 3.8) is 0 Å². The highest BCUT2D eigenvalue weighted by molar-refractivity contribution is 5.97. The summed E-state index contributed by atoms with van der Waals surface area (Å²) in [5, 5.41) is 3.34. The van der Waals surface area contributed by atoms with E-state index in [0.717, 1.165) is 51.3 Å². The molecule has 1 aromatic carbocycles. The van der Waals surface area contributed by atoms with Crippen LogP contribution in [-0.2, 0) is 6.42 Å². The first-order valence-electron chi connectivity index (χ1n) is 8.04. The molecule has 0 aromatic heterocycles. The minimum absolute atomic E-state index is 0.273. The van der Waals surface area contributed by atoms with E-state index in [4.69, 9.17) is 0 Å². The number of carbonyl (C=O) groups excluding carboxylic acids is 1. The van der Waals surface area contributed by atoms with Crippen molar-refractivity contribution in [3.05, 3.63) is 29.3 Å². The summed E-state index contributed by atoms with van der Waals surface area (Å²) in [6.45, 7) is 6.16. The van der Waals surface area contributed by atoms with Gasteiger partial charge in [0.05, 0.1) is 0 Å². The van der Waals surface area contributed by atoms with E-state index in [9.17, 15) is 4.79 Å². The van der Waals surface area contributed by atoms with Gasteiger partial charge >= 0.3 is 0 Å². The quantitative estimate of drug-likeness (QED) is 0.852. The average molecular weight is 287 g/mol. The molecule has 114 valence electrons. The smallest absolute Gasteiger partial charge is 0.164 e.